The fourth-order valence-electron chi connectivity index (χ4n) is 2.25. The van der Waals surface area contributed by atoms with Gasteiger partial charge in [-0.15, -0.1) is 0 Å². The fraction of sp³-hybridized carbons (Fsp3) is 0.385. The van der Waals surface area contributed by atoms with Gasteiger partial charge >= 0.3 is 11.7 Å². The summed E-state index contributed by atoms with van der Waals surface area (Å²) in [4.78, 5) is 30.4. The van der Waals surface area contributed by atoms with Crippen LogP contribution in [0.4, 0.5) is 4.79 Å². The number of H-pyrrole nitrogens is 2. The second-order valence-corrected chi connectivity index (χ2v) is 5.94. The van der Waals surface area contributed by atoms with Crippen molar-refractivity contribution in [2.45, 2.75) is 6.54 Å². The van der Waals surface area contributed by atoms with Crippen LogP contribution in [0.25, 0.3) is 11.0 Å². The van der Waals surface area contributed by atoms with Gasteiger partial charge in [0.05, 0.1) is 11.0 Å². The molecule has 2 amide bonds. The summed E-state index contributed by atoms with van der Waals surface area (Å²) in [6.07, 6.45) is 0. The number of urea groups is 1. The van der Waals surface area contributed by atoms with Gasteiger partial charge in [0.1, 0.15) is 0 Å². The highest BCUT2D eigenvalue weighted by Gasteiger charge is 2.15. The van der Waals surface area contributed by atoms with Gasteiger partial charge < -0.3 is 20.2 Å². The summed E-state index contributed by atoms with van der Waals surface area (Å²) in [5, 5.41) is 2.92. The van der Waals surface area contributed by atoms with E-state index in [0.29, 0.717) is 6.54 Å². The molecule has 3 rings (SSSR count). The first-order chi connectivity index (χ1) is 9.72. The third-order valence-corrected chi connectivity index (χ3v) is 4.26. The minimum Gasteiger partial charge on any atom is -0.334 e. The van der Waals surface area contributed by atoms with Crippen LogP contribution in [0.5, 0.6) is 0 Å². The van der Waals surface area contributed by atoms with E-state index >= 15 is 0 Å². The molecule has 20 heavy (non-hydrogen) atoms. The van der Waals surface area contributed by atoms with E-state index in [1.165, 1.54) is 0 Å². The Morgan fingerprint density at radius 2 is 2.00 bits per heavy atom. The Morgan fingerprint density at radius 1 is 1.25 bits per heavy atom. The van der Waals surface area contributed by atoms with E-state index in [4.69, 9.17) is 0 Å². The van der Waals surface area contributed by atoms with E-state index in [0.717, 1.165) is 41.2 Å². The molecular formula is C13H16N4O2S. The summed E-state index contributed by atoms with van der Waals surface area (Å²) >= 11 is 1.88. The Bertz CT molecular complexity index is 672. The average Bonchev–Trinajstić information content (AvgIpc) is 2.85. The molecule has 2 heterocycles. The topological polar surface area (TPSA) is 81.0 Å². The van der Waals surface area contributed by atoms with Gasteiger partial charge in [-0.1, -0.05) is 6.07 Å². The molecule has 1 aliphatic rings. The summed E-state index contributed by atoms with van der Waals surface area (Å²) in [5.41, 5.74) is 2.29. The monoisotopic (exact) mass is 292 g/mol. The molecule has 0 saturated carbocycles. The Balaban J connectivity index is 1.64. The largest absolute Gasteiger partial charge is 0.334 e. The Kier molecular flexibility index (Phi) is 3.68. The Labute approximate surface area is 119 Å². The van der Waals surface area contributed by atoms with Crippen molar-refractivity contribution in [2.75, 3.05) is 24.6 Å². The quantitative estimate of drug-likeness (QED) is 0.775. The van der Waals surface area contributed by atoms with Crippen LogP contribution < -0.4 is 11.0 Å². The lowest BCUT2D eigenvalue weighted by Gasteiger charge is -2.26. The second-order valence-electron chi connectivity index (χ2n) is 4.72. The first kappa shape index (κ1) is 13.1. The van der Waals surface area contributed by atoms with Crippen LogP contribution in [-0.2, 0) is 6.54 Å². The zero-order valence-corrected chi connectivity index (χ0v) is 11.8. The number of aromatic nitrogens is 2. The molecule has 0 radical (unpaired) electrons. The number of hydrogen-bond donors (Lipinski definition) is 3. The molecule has 1 saturated heterocycles. The number of fused-ring (bicyclic) bond motifs is 1. The Hall–Kier alpha value is -1.89. The van der Waals surface area contributed by atoms with Crippen molar-refractivity contribution in [3.05, 3.63) is 34.2 Å². The van der Waals surface area contributed by atoms with Crippen LogP contribution in [0.1, 0.15) is 5.56 Å². The summed E-state index contributed by atoms with van der Waals surface area (Å²) in [6.45, 7) is 2.08. The standard InChI is InChI=1S/C13H16N4O2S/c18-12-15-10-2-1-9(7-11(10)16-12)8-14-13(19)17-3-5-20-6-4-17/h1-2,7H,3-6,8H2,(H,14,19)(H2,15,16,18). The molecule has 0 bridgehead atoms. The predicted octanol–water partition coefficient (Wildman–Crippen LogP) is 1.11. The lowest BCUT2D eigenvalue weighted by atomic mass is 10.2. The highest BCUT2D eigenvalue weighted by Crippen LogP contribution is 2.11. The number of rotatable bonds is 2. The molecule has 0 spiro atoms. The molecule has 1 aliphatic heterocycles. The van der Waals surface area contributed by atoms with E-state index in [-0.39, 0.29) is 11.7 Å². The number of hydrogen-bond acceptors (Lipinski definition) is 3. The van der Waals surface area contributed by atoms with Gasteiger partial charge in [-0.2, -0.15) is 11.8 Å². The maximum absolute atomic E-state index is 12.0. The van der Waals surface area contributed by atoms with E-state index in [9.17, 15) is 9.59 Å². The highest BCUT2D eigenvalue weighted by atomic mass is 32.2. The van der Waals surface area contributed by atoms with Crippen LogP contribution in [0, 0.1) is 0 Å². The highest BCUT2D eigenvalue weighted by molar-refractivity contribution is 7.99. The molecule has 1 aromatic carbocycles. The number of nitrogens with zero attached hydrogens (tertiary/aromatic N) is 1. The molecule has 0 aliphatic carbocycles. The number of carbonyl (C=O) groups excluding carboxylic acids is 1. The van der Waals surface area contributed by atoms with Crippen molar-refractivity contribution < 1.29 is 4.79 Å². The maximum atomic E-state index is 12.0. The SMILES string of the molecule is O=C(NCc1ccc2[nH]c(=O)[nH]c2c1)N1CCSCC1. The van der Waals surface area contributed by atoms with Gasteiger partial charge in [0.15, 0.2) is 0 Å². The predicted molar refractivity (Wildman–Crippen MR) is 80.1 cm³/mol. The zero-order valence-electron chi connectivity index (χ0n) is 10.9. The van der Waals surface area contributed by atoms with Gasteiger partial charge in [0, 0.05) is 31.1 Å². The van der Waals surface area contributed by atoms with Crippen molar-refractivity contribution in [1.82, 2.24) is 20.2 Å². The van der Waals surface area contributed by atoms with Gasteiger partial charge in [-0.05, 0) is 17.7 Å². The summed E-state index contributed by atoms with van der Waals surface area (Å²) in [5.74, 6) is 2.01. The molecule has 1 aromatic heterocycles. The molecule has 106 valence electrons. The van der Waals surface area contributed by atoms with Crippen LogP contribution in [0.2, 0.25) is 0 Å². The van der Waals surface area contributed by atoms with Gasteiger partial charge in [-0.3, -0.25) is 0 Å². The fourth-order valence-corrected chi connectivity index (χ4v) is 3.15. The van der Waals surface area contributed by atoms with Crippen LogP contribution in [0.15, 0.2) is 23.0 Å². The number of aromatic amines is 2. The lowest BCUT2D eigenvalue weighted by molar-refractivity contribution is 0.202. The molecule has 3 N–H and O–H groups in total. The first-order valence-corrected chi connectivity index (χ1v) is 7.69. The van der Waals surface area contributed by atoms with Crippen molar-refractivity contribution in [3.8, 4) is 0 Å². The number of benzene rings is 1. The van der Waals surface area contributed by atoms with Gasteiger partial charge in [0.25, 0.3) is 0 Å². The van der Waals surface area contributed by atoms with Crippen molar-refractivity contribution >= 4 is 28.8 Å². The van der Waals surface area contributed by atoms with E-state index in [1.54, 1.807) is 0 Å². The van der Waals surface area contributed by atoms with Crippen molar-refractivity contribution in [2.24, 2.45) is 0 Å². The van der Waals surface area contributed by atoms with Crippen LogP contribution in [0.3, 0.4) is 0 Å². The zero-order chi connectivity index (χ0) is 13.9. The number of carbonyl (C=O) groups is 1. The van der Waals surface area contributed by atoms with Crippen molar-refractivity contribution in [1.29, 1.82) is 0 Å². The lowest BCUT2D eigenvalue weighted by Crippen LogP contribution is -2.44. The molecule has 0 atom stereocenters. The smallest absolute Gasteiger partial charge is 0.323 e. The normalized spacial score (nSPS) is 15.5. The number of imidazole rings is 1. The summed E-state index contributed by atoms with van der Waals surface area (Å²) < 4.78 is 0. The minimum absolute atomic E-state index is 0.0204. The maximum Gasteiger partial charge on any atom is 0.323 e. The number of nitrogens with one attached hydrogen (secondary N) is 3. The molecule has 6 nitrogen and oxygen atoms in total. The molecule has 0 unspecified atom stereocenters. The van der Waals surface area contributed by atoms with Crippen molar-refractivity contribution in [3.63, 3.8) is 0 Å². The van der Waals surface area contributed by atoms with Gasteiger partial charge in [-0.25, -0.2) is 9.59 Å². The number of amides is 2. The minimum atomic E-state index is -0.216. The molecule has 7 heteroatoms. The Morgan fingerprint density at radius 3 is 2.80 bits per heavy atom. The number of thioether (sulfide) groups is 1. The molecule has 1 fully saturated rings. The van der Waals surface area contributed by atoms with E-state index in [1.807, 2.05) is 34.9 Å². The third kappa shape index (κ3) is 2.82. The van der Waals surface area contributed by atoms with Gasteiger partial charge in [0.2, 0.25) is 0 Å². The average molecular weight is 292 g/mol. The van der Waals surface area contributed by atoms with E-state index in [2.05, 4.69) is 15.3 Å². The van der Waals surface area contributed by atoms with Crippen LogP contribution >= 0.6 is 11.8 Å². The summed E-state index contributed by atoms with van der Waals surface area (Å²) in [7, 11) is 0. The molecule has 2 aromatic rings. The third-order valence-electron chi connectivity index (χ3n) is 3.32. The first-order valence-electron chi connectivity index (χ1n) is 6.54. The molecular weight excluding hydrogens is 276 g/mol. The summed E-state index contributed by atoms with van der Waals surface area (Å²) in [6, 6.07) is 5.59. The van der Waals surface area contributed by atoms with Crippen LogP contribution in [-0.4, -0.2) is 45.5 Å². The van der Waals surface area contributed by atoms with E-state index < -0.39 is 0 Å². The second kappa shape index (κ2) is 5.62.